The molecule has 0 aromatic heterocycles. The summed E-state index contributed by atoms with van der Waals surface area (Å²) in [5, 5.41) is 13.9. The monoisotopic (exact) mass is 1130 g/mol. The van der Waals surface area contributed by atoms with Crippen molar-refractivity contribution < 1.29 is 32.9 Å². The Labute approximate surface area is 494 Å². The Morgan fingerprint density at radius 2 is 0.775 bits per heavy atom. The van der Waals surface area contributed by atoms with Crippen LogP contribution >= 0.6 is 7.82 Å². The van der Waals surface area contributed by atoms with Crippen LogP contribution in [0.3, 0.4) is 0 Å². The van der Waals surface area contributed by atoms with E-state index in [2.05, 4.69) is 141 Å². The number of unbranched alkanes of at least 4 members (excludes halogenated alkanes) is 25. The molecule has 0 spiro atoms. The van der Waals surface area contributed by atoms with Gasteiger partial charge in [0.2, 0.25) is 5.91 Å². The molecule has 9 heteroatoms. The summed E-state index contributed by atoms with van der Waals surface area (Å²) in [6.45, 7) is 4.51. The molecular formula is C71H123N2O6P. The largest absolute Gasteiger partial charge is 0.756 e. The van der Waals surface area contributed by atoms with E-state index in [4.69, 9.17) is 9.05 Å². The number of allylic oxidation sites excluding steroid dienone is 21. The highest BCUT2D eigenvalue weighted by atomic mass is 31.2. The second kappa shape index (κ2) is 60.2. The lowest BCUT2D eigenvalue weighted by molar-refractivity contribution is -0.870. The molecule has 0 aliphatic carbocycles. The van der Waals surface area contributed by atoms with Gasteiger partial charge in [-0.3, -0.25) is 9.36 Å². The number of nitrogens with zero attached hydrogens (tertiary/aromatic N) is 1. The standard InChI is InChI=1S/C71H123N2O6P/c1-6-8-10-12-14-16-18-20-22-24-26-28-30-31-32-33-34-35-36-37-38-39-40-41-43-45-47-49-51-53-55-57-59-61-63-65-71(75)72-69(68-79-80(76,77)78-67-66-73(3,4)5)70(74)64-62-60-58-56-54-52-50-48-46-44-42-29-27-25-23-21-19-17-15-13-11-9-7-2/h8,10,14,16,20,22,26,28,31-32,34-35,37-38,40-41,45,47,54,56,62,64,69-70,74H,6-7,9,11-13,15,17-19,21,23-25,27,29-30,33,36,39,42-44,46,48-53,55,57-61,63,65-68H2,1-5H3,(H-,72,75,76,77)/b10-8-,16-14-,22-20-,28-26-,32-31-,35-34-,38-37-,41-40-,47-45-,56-54+,64-62+. The number of aliphatic hydroxyl groups excluding tert-OH is 1. The molecule has 0 bridgehead atoms. The third-order valence-electron chi connectivity index (χ3n) is 13.8. The quantitative estimate of drug-likeness (QED) is 0.0272. The average Bonchev–Trinajstić information content (AvgIpc) is 3.42. The highest BCUT2D eigenvalue weighted by Gasteiger charge is 2.23. The molecule has 2 N–H and O–H groups in total. The number of hydrogen-bond donors (Lipinski definition) is 2. The van der Waals surface area contributed by atoms with Crippen LogP contribution in [0.15, 0.2) is 134 Å². The maximum Gasteiger partial charge on any atom is 0.268 e. The lowest BCUT2D eigenvalue weighted by Crippen LogP contribution is -2.45. The first-order valence-corrected chi connectivity index (χ1v) is 34.0. The Morgan fingerprint density at radius 3 is 1.16 bits per heavy atom. The lowest BCUT2D eigenvalue weighted by Gasteiger charge is -2.29. The molecule has 0 radical (unpaired) electrons. The van der Waals surface area contributed by atoms with Crippen LogP contribution < -0.4 is 10.2 Å². The number of nitrogens with one attached hydrogen (secondary N) is 1. The number of aliphatic hydroxyl groups is 1. The first-order chi connectivity index (χ1) is 39.0. The minimum atomic E-state index is -4.62. The SMILES string of the molecule is CC/C=C\C/C=C\C/C=C\C/C=C\C/C=C\C/C=C\C/C=C\C/C=C\C/C=C\CCCCCCCCCC(=O)NC(COP(=O)([O-])OCC[N+](C)(C)C)C(O)/C=C/CC/C=C/CCCCCCCCCCCCCCCCCCC. The molecule has 1 amide bonds. The third-order valence-corrected chi connectivity index (χ3v) is 14.8. The highest BCUT2D eigenvalue weighted by Crippen LogP contribution is 2.38. The van der Waals surface area contributed by atoms with E-state index >= 15 is 0 Å². The van der Waals surface area contributed by atoms with Gasteiger partial charge in [0.15, 0.2) is 0 Å². The summed E-state index contributed by atoms with van der Waals surface area (Å²) in [5.74, 6) is -0.222. The fourth-order valence-corrected chi connectivity index (χ4v) is 9.53. The first-order valence-electron chi connectivity index (χ1n) is 32.5. The average molecular weight is 1130 g/mol. The van der Waals surface area contributed by atoms with Crippen molar-refractivity contribution in [1.29, 1.82) is 0 Å². The Kier molecular flexibility index (Phi) is 57.7. The molecule has 0 saturated carbocycles. The molecule has 0 rings (SSSR count). The maximum atomic E-state index is 13.0. The number of phosphoric acid groups is 1. The van der Waals surface area contributed by atoms with E-state index in [1.165, 1.54) is 128 Å². The zero-order valence-electron chi connectivity index (χ0n) is 52.2. The van der Waals surface area contributed by atoms with Gasteiger partial charge in [0.25, 0.3) is 7.82 Å². The van der Waals surface area contributed by atoms with Crippen LogP contribution in [0.1, 0.15) is 258 Å². The highest BCUT2D eigenvalue weighted by molar-refractivity contribution is 7.45. The molecule has 3 atom stereocenters. The van der Waals surface area contributed by atoms with E-state index in [-0.39, 0.29) is 12.5 Å². The normalized spacial score (nSPS) is 14.6. The molecule has 0 aliphatic rings. The summed E-state index contributed by atoms with van der Waals surface area (Å²) in [4.78, 5) is 25.6. The van der Waals surface area contributed by atoms with Gasteiger partial charge in [-0.1, -0.05) is 282 Å². The molecule has 3 unspecified atom stereocenters. The number of amides is 1. The number of phosphoric ester groups is 1. The molecule has 8 nitrogen and oxygen atoms in total. The number of carbonyl (C=O) groups is 1. The van der Waals surface area contributed by atoms with Crippen molar-refractivity contribution in [1.82, 2.24) is 5.32 Å². The summed E-state index contributed by atoms with van der Waals surface area (Å²) in [5.41, 5.74) is 0. The molecular weight excluding hydrogens is 1010 g/mol. The Hall–Kier alpha value is -3.36. The van der Waals surface area contributed by atoms with Gasteiger partial charge in [-0.15, -0.1) is 0 Å². The van der Waals surface area contributed by atoms with E-state index in [0.717, 1.165) is 109 Å². The van der Waals surface area contributed by atoms with Gasteiger partial charge >= 0.3 is 0 Å². The second-order valence-corrected chi connectivity index (χ2v) is 24.1. The summed E-state index contributed by atoms with van der Waals surface area (Å²) < 4.78 is 23.4. The predicted octanol–water partition coefficient (Wildman–Crippen LogP) is 20.0. The smallest absolute Gasteiger partial charge is 0.268 e. The van der Waals surface area contributed by atoms with Crippen LogP contribution in [-0.4, -0.2) is 68.5 Å². The topological polar surface area (TPSA) is 108 Å². The van der Waals surface area contributed by atoms with Gasteiger partial charge in [0.05, 0.1) is 39.9 Å². The second-order valence-electron chi connectivity index (χ2n) is 22.7. The van der Waals surface area contributed by atoms with Gasteiger partial charge in [-0.2, -0.15) is 0 Å². The Balaban J connectivity index is 4.24. The van der Waals surface area contributed by atoms with Crippen LogP contribution in [0.2, 0.25) is 0 Å². The number of quaternary nitrogens is 1. The minimum Gasteiger partial charge on any atom is -0.756 e. The van der Waals surface area contributed by atoms with Crippen LogP contribution in [0, 0.1) is 0 Å². The summed E-state index contributed by atoms with van der Waals surface area (Å²) >= 11 is 0. The zero-order chi connectivity index (χ0) is 58.4. The molecule has 0 saturated heterocycles. The van der Waals surface area contributed by atoms with Crippen molar-refractivity contribution in [3.8, 4) is 0 Å². The van der Waals surface area contributed by atoms with Crippen LogP contribution in [-0.2, 0) is 18.4 Å². The van der Waals surface area contributed by atoms with Crippen LogP contribution in [0.4, 0.5) is 0 Å². The van der Waals surface area contributed by atoms with Gasteiger partial charge in [-0.05, 0) is 103 Å². The van der Waals surface area contributed by atoms with E-state index in [1.807, 2.05) is 27.2 Å². The fourth-order valence-electron chi connectivity index (χ4n) is 8.81. The fraction of sp³-hybridized carbons (Fsp3) is 0.676. The van der Waals surface area contributed by atoms with Gasteiger partial charge in [0, 0.05) is 6.42 Å². The van der Waals surface area contributed by atoms with Crippen molar-refractivity contribution >= 4 is 13.7 Å². The summed E-state index contributed by atoms with van der Waals surface area (Å²) in [6.07, 6.45) is 91.2. The Morgan fingerprint density at radius 1 is 0.450 bits per heavy atom. The van der Waals surface area contributed by atoms with E-state index in [9.17, 15) is 19.4 Å². The van der Waals surface area contributed by atoms with E-state index in [1.54, 1.807) is 6.08 Å². The van der Waals surface area contributed by atoms with Gasteiger partial charge < -0.3 is 28.8 Å². The number of hydrogen-bond acceptors (Lipinski definition) is 6. The molecule has 458 valence electrons. The van der Waals surface area contributed by atoms with Crippen molar-refractivity contribution in [3.63, 3.8) is 0 Å². The van der Waals surface area contributed by atoms with Gasteiger partial charge in [0.1, 0.15) is 13.2 Å². The number of carbonyl (C=O) groups excluding carboxylic acids is 1. The third kappa shape index (κ3) is 62.2. The number of likely N-dealkylation sites (N-methyl/N-ethyl adjacent to an activating group) is 1. The lowest BCUT2D eigenvalue weighted by atomic mass is 10.0. The van der Waals surface area contributed by atoms with E-state index in [0.29, 0.717) is 17.4 Å². The van der Waals surface area contributed by atoms with Crippen molar-refractivity contribution in [2.45, 2.75) is 270 Å². The summed E-state index contributed by atoms with van der Waals surface area (Å²) in [6, 6.07) is -0.921. The van der Waals surface area contributed by atoms with Crippen LogP contribution in [0.5, 0.6) is 0 Å². The summed E-state index contributed by atoms with van der Waals surface area (Å²) in [7, 11) is 1.22. The maximum absolute atomic E-state index is 13.0. The molecule has 80 heavy (non-hydrogen) atoms. The first kappa shape index (κ1) is 76.6. The molecule has 0 aromatic rings. The van der Waals surface area contributed by atoms with Crippen molar-refractivity contribution in [2.24, 2.45) is 0 Å². The van der Waals surface area contributed by atoms with Crippen LogP contribution in [0.25, 0.3) is 0 Å². The molecule has 0 fully saturated rings. The molecule has 0 aliphatic heterocycles. The van der Waals surface area contributed by atoms with Crippen molar-refractivity contribution in [3.05, 3.63) is 134 Å². The Bertz CT molecular complexity index is 1760. The molecule has 0 aromatic carbocycles. The van der Waals surface area contributed by atoms with Gasteiger partial charge in [-0.25, -0.2) is 0 Å². The predicted molar refractivity (Wildman–Crippen MR) is 348 cm³/mol. The number of rotatable bonds is 58. The molecule has 0 heterocycles. The zero-order valence-corrected chi connectivity index (χ0v) is 53.1. The van der Waals surface area contributed by atoms with Crippen molar-refractivity contribution in [2.75, 3.05) is 40.9 Å². The van der Waals surface area contributed by atoms with E-state index < -0.39 is 26.6 Å². The minimum absolute atomic E-state index is 0.0154.